The highest BCUT2D eigenvalue weighted by atomic mass is 16.6. The van der Waals surface area contributed by atoms with E-state index in [0.29, 0.717) is 0 Å². The van der Waals surface area contributed by atoms with E-state index in [0.717, 1.165) is 0 Å². The van der Waals surface area contributed by atoms with Gasteiger partial charge in [-0.05, 0) is 13.0 Å². The first-order chi connectivity index (χ1) is 10.3. The lowest BCUT2D eigenvalue weighted by molar-refractivity contribution is -0.385. The van der Waals surface area contributed by atoms with Crippen LogP contribution in [0.3, 0.4) is 0 Å². The molecule has 1 amide bonds. The Morgan fingerprint density at radius 2 is 2.14 bits per heavy atom. The van der Waals surface area contributed by atoms with Crippen molar-refractivity contribution < 1.29 is 29.1 Å². The highest BCUT2D eigenvalue weighted by molar-refractivity contribution is 5.78. The van der Waals surface area contributed by atoms with Gasteiger partial charge in [0.15, 0.2) is 6.61 Å². The second-order valence-corrected chi connectivity index (χ2v) is 4.45. The van der Waals surface area contributed by atoms with E-state index in [1.54, 1.807) is 6.92 Å². The van der Waals surface area contributed by atoms with Gasteiger partial charge in [0.2, 0.25) is 5.75 Å². The quantitative estimate of drug-likeness (QED) is 0.540. The summed E-state index contributed by atoms with van der Waals surface area (Å²) in [4.78, 5) is 32.2. The van der Waals surface area contributed by atoms with Crippen LogP contribution in [0.4, 0.5) is 5.69 Å². The number of carbonyl (C=O) groups excluding carboxylic acids is 1. The minimum absolute atomic E-state index is 0.0159. The fourth-order valence-corrected chi connectivity index (χ4v) is 1.68. The number of carboxylic acid groups (broad SMARTS) is 1. The molecule has 1 aromatic carbocycles. The topological polar surface area (TPSA) is 128 Å². The van der Waals surface area contributed by atoms with Crippen molar-refractivity contribution in [2.75, 3.05) is 13.7 Å². The Balaban J connectivity index is 2.59. The van der Waals surface area contributed by atoms with Gasteiger partial charge in [-0.2, -0.15) is 0 Å². The summed E-state index contributed by atoms with van der Waals surface area (Å²) in [5.41, 5.74) is -0.214. The van der Waals surface area contributed by atoms with E-state index in [1.165, 1.54) is 25.3 Å². The predicted molar refractivity (Wildman–Crippen MR) is 75.0 cm³/mol. The summed E-state index contributed by atoms with van der Waals surface area (Å²) in [5, 5.41) is 21.8. The number of nitro benzene ring substituents is 1. The first kappa shape index (κ1) is 17.2. The summed E-state index contributed by atoms with van der Waals surface area (Å²) >= 11 is 0. The minimum atomic E-state index is -1.02. The molecule has 0 aliphatic carbocycles. The van der Waals surface area contributed by atoms with Gasteiger partial charge in [0.1, 0.15) is 5.75 Å². The highest BCUT2D eigenvalue weighted by Crippen LogP contribution is 2.30. The van der Waals surface area contributed by atoms with Crippen LogP contribution in [0, 0.1) is 10.1 Å². The number of carboxylic acids is 1. The van der Waals surface area contributed by atoms with Crippen molar-refractivity contribution in [3.8, 4) is 11.5 Å². The minimum Gasteiger partial charge on any atom is -0.490 e. The average molecular weight is 312 g/mol. The van der Waals surface area contributed by atoms with Crippen LogP contribution in [-0.4, -0.2) is 41.7 Å². The first-order valence-electron chi connectivity index (χ1n) is 6.30. The van der Waals surface area contributed by atoms with Crippen LogP contribution < -0.4 is 14.8 Å². The van der Waals surface area contributed by atoms with Crippen molar-refractivity contribution in [1.82, 2.24) is 5.32 Å². The van der Waals surface area contributed by atoms with Crippen LogP contribution in [0.15, 0.2) is 18.2 Å². The summed E-state index contributed by atoms with van der Waals surface area (Å²) in [5.74, 6) is -1.27. The molecule has 0 fully saturated rings. The number of amides is 1. The van der Waals surface area contributed by atoms with E-state index in [1.807, 2.05) is 0 Å². The maximum atomic E-state index is 11.6. The summed E-state index contributed by atoms with van der Waals surface area (Å²) in [6, 6.07) is 3.32. The number of hydrogen-bond acceptors (Lipinski definition) is 6. The van der Waals surface area contributed by atoms with Crippen LogP contribution in [0.5, 0.6) is 11.5 Å². The van der Waals surface area contributed by atoms with Crippen molar-refractivity contribution in [3.63, 3.8) is 0 Å². The second kappa shape index (κ2) is 7.81. The number of nitro groups is 1. The van der Waals surface area contributed by atoms with Gasteiger partial charge in [-0.15, -0.1) is 0 Å². The fraction of sp³-hybridized carbons (Fsp3) is 0.385. The number of ether oxygens (including phenoxy) is 2. The Hall–Kier alpha value is -2.84. The number of aliphatic carboxylic acids is 1. The summed E-state index contributed by atoms with van der Waals surface area (Å²) in [6.45, 7) is 1.21. The molecule has 22 heavy (non-hydrogen) atoms. The first-order valence-corrected chi connectivity index (χ1v) is 6.30. The van der Waals surface area contributed by atoms with Gasteiger partial charge in [0.05, 0.1) is 18.5 Å². The van der Waals surface area contributed by atoms with Crippen molar-refractivity contribution in [1.29, 1.82) is 0 Å². The SMILES string of the molecule is COc1cc(OCC(=O)NC(C)CC(=O)O)ccc1[N+](=O)[O-]. The van der Waals surface area contributed by atoms with Crippen molar-refractivity contribution in [2.24, 2.45) is 0 Å². The van der Waals surface area contributed by atoms with Gasteiger partial charge >= 0.3 is 11.7 Å². The maximum absolute atomic E-state index is 11.6. The Labute approximate surface area is 126 Å². The third kappa shape index (κ3) is 5.27. The second-order valence-electron chi connectivity index (χ2n) is 4.45. The zero-order valence-electron chi connectivity index (χ0n) is 12.1. The van der Waals surface area contributed by atoms with Gasteiger partial charge in [-0.25, -0.2) is 0 Å². The normalized spacial score (nSPS) is 11.4. The number of benzene rings is 1. The van der Waals surface area contributed by atoms with E-state index in [-0.39, 0.29) is 30.2 Å². The molecule has 2 N–H and O–H groups in total. The summed E-state index contributed by atoms with van der Waals surface area (Å²) in [7, 11) is 1.28. The smallest absolute Gasteiger partial charge is 0.311 e. The van der Waals surface area contributed by atoms with E-state index in [9.17, 15) is 19.7 Å². The molecule has 1 aromatic rings. The Morgan fingerprint density at radius 1 is 1.45 bits per heavy atom. The lowest BCUT2D eigenvalue weighted by Crippen LogP contribution is -2.37. The summed E-state index contributed by atoms with van der Waals surface area (Å²) < 4.78 is 10.1. The zero-order valence-corrected chi connectivity index (χ0v) is 12.1. The molecule has 1 rings (SSSR count). The Morgan fingerprint density at radius 3 is 2.68 bits per heavy atom. The lowest BCUT2D eigenvalue weighted by Gasteiger charge is -2.12. The average Bonchev–Trinajstić information content (AvgIpc) is 2.43. The molecule has 0 heterocycles. The predicted octanol–water partition coefficient (Wildman–Crippen LogP) is 0.962. The van der Waals surface area contributed by atoms with Crippen LogP contribution in [0.1, 0.15) is 13.3 Å². The third-order valence-electron chi connectivity index (χ3n) is 2.61. The largest absolute Gasteiger partial charge is 0.490 e. The number of methoxy groups -OCH3 is 1. The van der Waals surface area contributed by atoms with Crippen LogP contribution in [0.2, 0.25) is 0 Å². The van der Waals surface area contributed by atoms with E-state index < -0.39 is 22.8 Å². The molecular weight excluding hydrogens is 296 g/mol. The summed E-state index contributed by atoms with van der Waals surface area (Å²) in [6.07, 6.45) is -0.197. The maximum Gasteiger partial charge on any atom is 0.311 e. The van der Waals surface area contributed by atoms with Gasteiger partial charge in [0, 0.05) is 18.2 Å². The van der Waals surface area contributed by atoms with Crippen LogP contribution in [0.25, 0.3) is 0 Å². The van der Waals surface area contributed by atoms with Crippen molar-refractivity contribution >= 4 is 17.6 Å². The number of rotatable bonds is 8. The van der Waals surface area contributed by atoms with Gasteiger partial charge < -0.3 is 19.9 Å². The number of carbonyl (C=O) groups is 2. The molecule has 9 heteroatoms. The monoisotopic (exact) mass is 312 g/mol. The Kier molecular flexibility index (Phi) is 6.11. The van der Waals surface area contributed by atoms with Gasteiger partial charge in [0.25, 0.3) is 5.91 Å². The number of nitrogens with one attached hydrogen (secondary N) is 1. The fourth-order valence-electron chi connectivity index (χ4n) is 1.68. The van der Waals surface area contributed by atoms with Crippen molar-refractivity contribution in [2.45, 2.75) is 19.4 Å². The molecule has 0 bridgehead atoms. The zero-order chi connectivity index (χ0) is 16.7. The van der Waals surface area contributed by atoms with Gasteiger partial charge in [-0.1, -0.05) is 0 Å². The molecule has 0 aromatic heterocycles. The molecule has 0 aliphatic heterocycles. The lowest BCUT2D eigenvalue weighted by atomic mass is 10.2. The molecule has 0 saturated heterocycles. The van der Waals surface area contributed by atoms with Gasteiger partial charge in [-0.3, -0.25) is 19.7 Å². The third-order valence-corrected chi connectivity index (χ3v) is 2.61. The number of nitrogens with zero attached hydrogens (tertiary/aromatic N) is 1. The molecule has 0 radical (unpaired) electrons. The Bertz CT molecular complexity index is 574. The molecule has 120 valence electrons. The van der Waals surface area contributed by atoms with E-state index in [2.05, 4.69) is 5.32 Å². The standard InChI is InChI=1S/C13H16N2O7/c1-8(5-13(17)18)14-12(16)7-22-9-3-4-10(15(19)20)11(6-9)21-2/h3-4,6,8H,5,7H2,1-2H3,(H,14,16)(H,17,18). The molecule has 0 spiro atoms. The van der Waals surface area contributed by atoms with Crippen LogP contribution >= 0.6 is 0 Å². The van der Waals surface area contributed by atoms with E-state index >= 15 is 0 Å². The molecule has 1 unspecified atom stereocenters. The van der Waals surface area contributed by atoms with Crippen molar-refractivity contribution in [3.05, 3.63) is 28.3 Å². The van der Waals surface area contributed by atoms with Crippen LogP contribution in [-0.2, 0) is 9.59 Å². The molecule has 0 aliphatic rings. The molecule has 0 saturated carbocycles. The highest BCUT2D eigenvalue weighted by Gasteiger charge is 2.16. The molecular formula is C13H16N2O7. The molecule has 9 nitrogen and oxygen atoms in total. The van der Waals surface area contributed by atoms with E-state index in [4.69, 9.17) is 14.6 Å². The molecule has 1 atom stereocenters. The number of hydrogen-bond donors (Lipinski definition) is 2.